The molecular weight excluding hydrogens is 303 g/mol. The number of fused-ring (bicyclic) bond motifs is 1. The van der Waals surface area contributed by atoms with E-state index in [9.17, 15) is 0 Å². The van der Waals surface area contributed by atoms with E-state index >= 15 is 4.39 Å². The van der Waals surface area contributed by atoms with Gasteiger partial charge in [0, 0.05) is 11.3 Å². The predicted molar refractivity (Wildman–Crippen MR) is 86.3 cm³/mol. The standard InChI is InChI=1S/C16H20BClFNO2/c1-15(2)16(3,4)22-17(21-15)14(19)11-6-5-7-12-10(11)8-9-13(18)20-12/h8-9H,5-7H2,1-4H3. The lowest BCUT2D eigenvalue weighted by Gasteiger charge is -2.32. The molecular formula is C16H20BClFNO2. The number of aryl methyl sites for hydroxylation is 1. The van der Waals surface area contributed by atoms with Gasteiger partial charge >= 0.3 is 7.12 Å². The fraction of sp³-hybridized carbons (Fsp3) is 0.562. The molecule has 1 fully saturated rings. The lowest BCUT2D eigenvalue weighted by Crippen LogP contribution is -2.41. The zero-order chi connectivity index (χ0) is 16.1. The number of halogens is 2. The van der Waals surface area contributed by atoms with Gasteiger partial charge in [-0.25, -0.2) is 9.37 Å². The van der Waals surface area contributed by atoms with Crippen molar-refractivity contribution in [2.24, 2.45) is 0 Å². The molecule has 1 aromatic heterocycles. The highest BCUT2D eigenvalue weighted by Crippen LogP contribution is 2.42. The smallest absolute Gasteiger partial charge is 0.398 e. The van der Waals surface area contributed by atoms with Crippen molar-refractivity contribution in [1.82, 2.24) is 4.98 Å². The molecule has 1 aliphatic carbocycles. The van der Waals surface area contributed by atoms with Crippen LogP contribution in [0.3, 0.4) is 0 Å². The van der Waals surface area contributed by atoms with E-state index in [1.54, 1.807) is 6.07 Å². The van der Waals surface area contributed by atoms with E-state index in [-0.39, 0.29) is 5.73 Å². The number of rotatable bonds is 1. The second kappa shape index (κ2) is 5.32. The molecule has 0 atom stereocenters. The molecule has 3 nitrogen and oxygen atoms in total. The fourth-order valence-corrected chi connectivity index (χ4v) is 3.01. The van der Waals surface area contributed by atoms with Crippen molar-refractivity contribution in [3.8, 4) is 0 Å². The summed E-state index contributed by atoms with van der Waals surface area (Å²) in [6, 6.07) is 3.53. The Balaban J connectivity index is 1.99. The number of hydrogen-bond donors (Lipinski definition) is 0. The molecule has 2 heterocycles. The van der Waals surface area contributed by atoms with Gasteiger partial charge in [0.05, 0.1) is 11.2 Å². The number of aromatic nitrogens is 1. The van der Waals surface area contributed by atoms with Gasteiger partial charge in [-0.1, -0.05) is 11.6 Å². The number of hydrogen-bond acceptors (Lipinski definition) is 3. The number of allylic oxidation sites excluding steroid dienone is 1. The van der Waals surface area contributed by atoms with Crippen molar-refractivity contribution < 1.29 is 13.7 Å². The minimum Gasteiger partial charge on any atom is -0.398 e. The van der Waals surface area contributed by atoms with Gasteiger partial charge in [-0.3, -0.25) is 0 Å². The van der Waals surface area contributed by atoms with E-state index < -0.39 is 18.3 Å². The molecule has 6 heteroatoms. The van der Waals surface area contributed by atoms with Crippen molar-refractivity contribution in [3.63, 3.8) is 0 Å². The highest BCUT2D eigenvalue weighted by atomic mass is 35.5. The first kappa shape index (κ1) is 16.0. The molecule has 1 aliphatic heterocycles. The predicted octanol–water partition coefficient (Wildman–Crippen LogP) is 4.38. The first-order chi connectivity index (χ1) is 10.2. The first-order valence-corrected chi connectivity index (χ1v) is 7.99. The van der Waals surface area contributed by atoms with Crippen LogP contribution >= 0.6 is 11.6 Å². The molecule has 22 heavy (non-hydrogen) atoms. The van der Waals surface area contributed by atoms with Crippen LogP contribution in [0.15, 0.2) is 17.9 Å². The Labute approximate surface area is 136 Å². The first-order valence-electron chi connectivity index (χ1n) is 7.61. The van der Waals surface area contributed by atoms with Crippen LogP contribution in [-0.2, 0) is 15.7 Å². The topological polar surface area (TPSA) is 31.4 Å². The van der Waals surface area contributed by atoms with Crippen LogP contribution in [-0.4, -0.2) is 23.3 Å². The highest BCUT2D eigenvalue weighted by molar-refractivity contribution is 6.55. The lowest BCUT2D eigenvalue weighted by atomic mass is 9.79. The Hall–Kier alpha value is -0.905. The van der Waals surface area contributed by atoms with Crippen LogP contribution in [0.4, 0.5) is 4.39 Å². The van der Waals surface area contributed by atoms with Crippen LogP contribution in [0.25, 0.3) is 5.57 Å². The van der Waals surface area contributed by atoms with Gasteiger partial charge in [-0.15, -0.1) is 0 Å². The minimum absolute atomic E-state index is 0.344. The van der Waals surface area contributed by atoms with Crippen molar-refractivity contribution in [2.45, 2.75) is 58.2 Å². The normalized spacial score (nSPS) is 25.1. The summed E-state index contributed by atoms with van der Waals surface area (Å²) < 4.78 is 26.7. The summed E-state index contributed by atoms with van der Waals surface area (Å²) in [5, 5.41) is 0.441. The molecule has 0 aromatic carbocycles. The zero-order valence-electron chi connectivity index (χ0n) is 13.4. The van der Waals surface area contributed by atoms with E-state index in [4.69, 9.17) is 20.9 Å². The molecule has 1 saturated heterocycles. The summed E-state index contributed by atoms with van der Waals surface area (Å²) >= 11 is 5.94. The van der Waals surface area contributed by atoms with Gasteiger partial charge in [0.2, 0.25) is 0 Å². The van der Waals surface area contributed by atoms with E-state index in [0.29, 0.717) is 17.1 Å². The number of nitrogens with zero attached hydrogens (tertiary/aromatic N) is 1. The molecule has 0 bridgehead atoms. The molecule has 0 spiro atoms. The molecule has 3 rings (SSSR count). The molecule has 118 valence electrons. The molecule has 0 unspecified atom stereocenters. The molecule has 0 amide bonds. The highest BCUT2D eigenvalue weighted by Gasteiger charge is 2.53. The third kappa shape index (κ3) is 2.59. The molecule has 1 aromatic rings. The van der Waals surface area contributed by atoms with Crippen LogP contribution in [0, 0.1) is 0 Å². The summed E-state index contributed by atoms with van der Waals surface area (Å²) in [4.78, 5) is 4.31. The Kier molecular flexibility index (Phi) is 3.87. The summed E-state index contributed by atoms with van der Waals surface area (Å²) in [5.41, 5.74) is 0.854. The van der Waals surface area contributed by atoms with E-state index in [1.807, 2.05) is 33.8 Å². The maximum atomic E-state index is 15.0. The van der Waals surface area contributed by atoms with E-state index in [0.717, 1.165) is 24.1 Å². The van der Waals surface area contributed by atoms with Gasteiger partial charge in [-0.05, 0) is 64.7 Å². The third-order valence-electron chi connectivity index (χ3n) is 4.85. The Morgan fingerprint density at radius 2 is 1.82 bits per heavy atom. The number of pyridine rings is 1. The van der Waals surface area contributed by atoms with Gasteiger partial charge in [0.15, 0.2) is 0 Å². The fourth-order valence-electron chi connectivity index (χ4n) is 2.84. The largest absolute Gasteiger partial charge is 0.525 e. The monoisotopic (exact) mass is 323 g/mol. The molecule has 0 radical (unpaired) electrons. The average molecular weight is 324 g/mol. The lowest BCUT2D eigenvalue weighted by molar-refractivity contribution is 0.00578. The maximum Gasteiger partial charge on any atom is 0.525 e. The van der Waals surface area contributed by atoms with Gasteiger partial charge in [0.1, 0.15) is 10.9 Å². The van der Waals surface area contributed by atoms with Crippen LogP contribution < -0.4 is 0 Å². The Morgan fingerprint density at radius 3 is 2.45 bits per heavy atom. The van der Waals surface area contributed by atoms with E-state index in [1.165, 1.54) is 0 Å². The summed E-state index contributed by atoms with van der Waals surface area (Å²) in [6.45, 7) is 7.67. The molecule has 0 saturated carbocycles. The zero-order valence-corrected chi connectivity index (χ0v) is 14.1. The van der Waals surface area contributed by atoms with Crippen molar-refractivity contribution in [3.05, 3.63) is 34.3 Å². The van der Waals surface area contributed by atoms with Gasteiger partial charge in [0.25, 0.3) is 0 Å². The van der Waals surface area contributed by atoms with Crippen molar-refractivity contribution in [1.29, 1.82) is 0 Å². The Bertz CT molecular complexity index is 629. The van der Waals surface area contributed by atoms with Crippen LogP contribution in [0.2, 0.25) is 5.15 Å². The van der Waals surface area contributed by atoms with Crippen molar-refractivity contribution in [2.75, 3.05) is 0 Å². The van der Waals surface area contributed by atoms with Gasteiger partial charge in [-0.2, -0.15) is 0 Å². The average Bonchev–Trinajstić information content (AvgIpc) is 2.65. The molecule has 0 N–H and O–H groups in total. The quantitative estimate of drug-likeness (QED) is 0.567. The summed E-state index contributed by atoms with van der Waals surface area (Å²) in [6.07, 6.45) is 2.32. The third-order valence-corrected chi connectivity index (χ3v) is 5.06. The Morgan fingerprint density at radius 1 is 1.18 bits per heavy atom. The van der Waals surface area contributed by atoms with E-state index in [2.05, 4.69) is 4.98 Å². The summed E-state index contributed by atoms with van der Waals surface area (Å²) in [7, 11) is -0.957. The SMILES string of the molecule is CC1(C)OB(C(F)=C2CCCc3nc(Cl)ccc32)OC1(C)C. The molecule has 2 aliphatic rings. The van der Waals surface area contributed by atoms with Crippen LogP contribution in [0.1, 0.15) is 51.8 Å². The second-order valence-electron chi connectivity index (χ2n) is 6.90. The van der Waals surface area contributed by atoms with Gasteiger partial charge < -0.3 is 9.31 Å². The minimum atomic E-state index is -0.957. The second-order valence-corrected chi connectivity index (χ2v) is 7.28. The maximum absolute atomic E-state index is 15.0. The summed E-state index contributed by atoms with van der Waals surface area (Å²) in [5.74, 6) is 0. The van der Waals surface area contributed by atoms with Crippen LogP contribution in [0.5, 0.6) is 0 Å². The van der Waals surface area contributed by atoms with Crippen molar-refractivity contribution >= 4 is 24.3 Å².